The number of anilines is 3. The maximum atomic E-state index is 6.41. The Morgan fingerprint density at radius 3 is 1.67 bits per heavy atom. The van der Waals surface area contributed by atoms with Gasteiger partial charge < -0.3 is 9.32 Å². The van der Waals surface area contributed by atoms with Gasteiger partial charge in [-0.1, -0.05) is 158 Å². The van der Waals surface area contributed by atoms with Crippen molar-refractivity contribution in [3.63, 3.8) is 0 Å². The molecule has 12 rings (SSSR count). The summed E-state index contributed by atoms with van der Waals surface area (Å²) in [7, 11) is 0. The highest BCUT2D eigenvalue weighted by atomic mass is 16.3. The lowest BCUT2D eigenvalue weighted by Crippen LogP contribution is -2.09. The third kappa shape index (κ3) is 5.48. The molecule has 0 bridgehead atoms. The van der Waals surface area contributed by atoms with E-state index < -0.39 is 0 Å². The van der Waals surface area contributed by atoms with Crippen LogP contribution in [0.15, 0.2) is 223 Å². The summed E-state index contributed by atoms with van der Waals surface area (Å²) >= 11 is 0. The fourth-order valence-electron chi connectivity index (χ4n) is 9.35. The summed E-state index contributed by atoms with van der Waals surface area (Å²) in [5, 5.41) is 9.86. The van der Waals surface area contributed by atoms with Gasteiger partial charge in [-0.3, -0.25) is 4.98 Å². The van der Waals surface area contributed by atoms with Gasteiger partial charge in [0, 0.05) is 33.9 Å². The average molecular weight is 765 g/mol. The standard InChI is InChI=1S/C57H36N2O/c1-3-11-37(12-4-1)52-35-53(40-24-28-43(29-25-40)59(42-13-5-2-6-14-42)44-15-10-34-58-36-44)49-31-27-41-26-30-45(48-32-33-50(52)56(49)55(41)48)38-20-22-39(23-21-38)46-17-9-18-51-47-16-7-8-19-54(47)60-57(46)51/h1-36H. The molecule has 0 saturated carbocycles. The lowest BCUT2D eigenvalue weighted by molar-refractivity contribution is 0.670. The van der Waals surface area contributed by atoms with E-state index in [1.165, 1.54) is 65.7 Å². The first-order valence-corrected chi connectivity index (χ1v) is 20.4. The van der Waals surface area contributed by atoms with Crippen molar-refractivity contribution >= 4 is 71.3 Å². The molecule has 0 radical (unpaired) electrons. The first-order valence-electron chi connectivity index (χ1n) is 20.4. The normalized spacial score (nSPS) is 11.7. The van der Waals surface area contributed by atoms with Gasteiger partial charge in [0.25, 0.3) is 0 Å². The second-order valence-corrected chi connectivity index (χ2v) is 15.5. The molecule has 10 aromatic carbocycles. The summed E-state index contributed by atoms with van der Waals surface area (Å²) in [5.41, 5.74) is 14.5. The van der Waals surface area contributed by atoms with Crippen molar-refractivity contribution in [3.05, 3.63) is 219 Å². The van der Waals surface area contributed by atoms with Crippen molar-refractivity contribution < 1.29 is 4.42 Å². The number of hydrogen-bond donors (Lipinski definition) is 0. The van der Waals surface area contributed by atoms with Crippen molar-refractivity contribution in [2.75, 3.05) is 4.90 Å². The van der Waals surface area contributed by atoms with Crippen LogP contribution in [0.25, 0.3) is 98.8 Å². The topological polar surface area (TPSA) is 29.3 Å². The molecule has 12 aromatic rings. The van der Waals surface area contributed by atoms with Crippen molar-refractivity contribution in [1.29, 1.82) is 0 Å². The summed E-state index contributed by atoms with van der Waals surface area (Å²) < 4.78 is 6.41. The second-order valence-electron chi connectivity index (χ2n) is 15.5. The number of nitrogens with zero attached hydrogens (tertiary/aromatic N) is 2. The van der Waals surface area contributed by atoms with Gasteiger partial charge in [-0.05, 0) is 120 Å². The minimum absolute atomic E-state index is 0.913. The van der Waals surface area contributed by atoms with Crippen molar-refractivity contribution in [2.45, 2.75) is 0 Å². The number of rotatable bonds is 7. The van der Waals surface area contributed by atoms with E-state index in [1.807, 2.05) is 30.6 Å². The minimum atomic E-state index is 0.913. The molecule has 3 heteroatoms. The lowest BCUT2D eigenvalue weighted by Gasteiger charge is -2.25. The van der Waals surface area contributed by atoms with Crippen molar-refractivity contribution in [1.82, 2.24) is 4.98 Å². The lowest BCUT2D eigenvalue weighted by atomic mass is 9.84. The maximum Gasteiger partial charge on any atom is 0.143 e. The van der Waals surface area contributed by atoms with Gasteiger partial charge in [0.1, 0.15) is 11.2 Å². The third-order valence-electron chi connectivity index (χ3n) is 12.1. The first kappa shape index (κ1) is 34.1. The quantitative estimate of drug-likeness (QED) is 0.151. The fraction of sp³-hybridized carbons (Fsp3) is 0. The van der Waals surface area contributed by atoms with E-state index in [9.17, 15) is 0 Å². The molecule has 0 aliphatic carbocycles. The monoisotopic (exact) mass is 764 g/mol. The Labute approximate surface area is 347 Å². The number of hydrogen-bond acceptors (Lipinski definition) is 3. The minimum Gasteiger partial charge on any atom is -0.455 e. The van der Waals surface area contributed by atoms with E-state index in [-0.39, 0.29) is 0 Å². The van der Waals surface area contributed by atoms with Crippen LogP contribution in [-0.2, 0) is 0 Å². The third-order valence-corrected chi connectivity index (χ3v) is 12.1. The molecule has 280 valence electrons. The van der Waals surface area contributed by atoms with E-state index >= 15 is 0 Å². The molecule has 0 N–H and O–H groups in total. The molecule has 0 unspecified atom stereocenters. The van der Waals surface area contributed by atoms with E-state index in [4.69, 9.17) is 4.42 Å². The zero-order chi connectivity index (χ0) is 39.6. The molecular weight excluding hydrogens is 729 g/mol. The summed E-state index contributed by atoms with van der Waals surface area (Å²) in [6, 6.07) is 74.3. The van der Waals surface area contributed by atoms with Crippen LogP contribution in [0.5, 0.6) is 0 Å². The number of furan rings is 1. The smallest absolute Gasteiger partial charge is 0.143 e. The Morgan fingerprint density at radius 2 is 0.917 bits per heavy atom. The molecular formula is C57H36N2O. The number of aromatic nitrogens is 1. The number of pyridine rings is 1. The van der Waals surface area contributed by atoms with Gasteiger partial charge in [-0.25, -0.2) is 0 Å². The van der Waals surface area contributed by atoms with Crippen LogP contribution in [0.2, 0.25) is 0 Å². The molecule has 0 amide bonds. The van der Waals surface area contributed by atoms with Gasteiger partial charge in [0.2, 0.25) is 0 Å². The zero-order valence-corrected chi connectivity index (χ0v) is 32.6. The largest absolute Gasteiger partial charge is 0.455 e. The van der Waals surface area contributed by atoms with Crippen LogP contribution in [0.1, 0.15) is 0 Å². The zero-order valence-electron chi connectivity index (χ0n) is 32.6. The molecule has 2 heterocycles. The second kappa shape index (κ2) is 13.8. The highest BCUT2D eigenvalue weighted by molar-refractivity contribution is 6.30. The molecule has 0 fully saturated rings. The van der Waals surface area contributed by atoms with E-state index in [1.54, 1.807) is 0 Å². The maximum absolute atomic E-state index is 6.41. The number of fused-ring (bicyclic) bond motifs is 3. The first-order chi connectivity index (χ1) is 29.8. The molecule has 0 aliphatic heterocycles. The van der Waals surface area contributed by atoms with Crippen LogP contribution in [0.4, 0.5) is 17.1 Å². The van der Waals surface area contributed by atoms with E-state index in [2.05, 4.69) is 198 Å². The summed E-state index contributed by atoms with van der Waals surface area (Å²) in [6.07, 6.45) is 3.73. The van der Waals surface area contributed by atoms with E-state index in [0.717, 1.165) is 50.1 Å². The predicted octanol–water partition coefficient (Wildman–Crippen LogP) is 16.0. The SMILES string of the molecule is c1ccc(-c2cc(-c3ccc(N(c4ccccc4)c4cccnc4)cc3)c3ccc4ccc(-c5ccc(-c6cccc7c6oc6ccccc67)cc5)c5ccc2c3c45)cc1. The van der Waals surface area contributed by atoms with E-state index in [0.29, 0.717) is 0 Å². The Hall–Kier alpha value is -8.01. The van der Waals surface area contributed by atoms with Gasteiger partial charge in [-0.2, -0.15) is 0 Å². The molecule has 60 heavy (non-hydrogen) atoms. The highest BCUT2D eigenvalue weighted by Gasteiger charge is 2.20. The number of benzene rings is 10. The van der Waals surface area contributed by atoms with Gasteiger partial charge >= 0.3 is 0 Å². The molecule has 0 atom stereocenters. The van der Waals surface area contributed by atoms with Crippen LogP contribution >= 0.6 is 0 Å². The Morgan fingerprint density at radius 1 is 0.350 bits per heavy atom. The van der Waals surface area contributed by atoms with Crippen LogP contribution < -0.4 is 4.90 Å². The fourth-order valence-corrected chi connectivity index (χ4v) is 9.35. The molecule has 0 saturated heterocycles. The van der Waals surface area contributed by atoms with Gasteiger partial charge in [-0.15, -0.1) is 0 Å². The van der Waals surface area contributed by atoms with Crippen LogP contribution in [0, 0.1) is 0 Å². The summed E-state index contributed by atoms with van der Waals surface area (Å²) in [6.45, 7) is 0. The van der Waals surface area contributed by atoms with Gasteiger partial charge in [0.15, 0.2) is 0 Å². The Kier molecular flexibility index (Phi) is 7.85. The average Bonchev–Trinajstić information content (AvgIpc) is 3.71. The molecule has 0 aliphatic rings. The van der Waals surface area contributed by atoms with Gasteiger partial charge in [0.05, 0.1) is 11.9 Å². The summed E-state index contributed by atoms with van der Waals surface area (Å²) in [5.74, 6) is 0. The molecule has 0 spiro atoms. The highest BCUT2D eigenvalue weighted by Crippen LogP contribution is 2.47. The van der Waals surface area contributed by atoms with Crippen LogP contribution in [-0.4, -0.2) is 4.98 Å². The number of para-hydroxylation sites is 3. The van der Waals surface area contributed by atoms with Crippen molar-refractivity contribution in [3.8, 4) is 44.5 Å². The molecule has 2 aromatic heterocycles. The molecule has 3 nitrogen and oxygen atoms in total. The Bertz CT molecular complexity index is 3460. The Balaban J connectivity index is 1.01. The predicted molar refractivity (Wildman–Crippen MR) is 252 cm³/mol. The van der Waals surface area contributed by atoms with Crippen molar-refractivity contribution in [2.24, 2.45) is 0 Å². The van der Waals surface area contributed by atoms with Crippen LogP contribution in [0.3, 0.4) is 0 Å². The summed E-state index contributed by atoms with van der Waals surface area (Å²) in [4.78, 5) is 6.70.